The number of aliphatic carboxylic acids is 1. The van der Waals surface area contributed by atoms with Gasteiger partial charge in [0.1, 0.15) is 18.1 Å². The Labute approximate surface area is 164 Å². The van der Waals surface area contributed by atoms with Gasteiger partial charge in [-0.25, -0.2) is 4.79 Å². The molecule has 0 bridgehead atoms. The molecular weight excluding hydrogens is 376 g/mol. The average molecular weight is 407 g/mol. The van der Waals surface area contributed by atoms with Crippen molar-refractivity contribution >= 4 is 36.3 Å². The molecular formula is C16H30N4O6S. The summed E-state index contributed by atoms with van der Waals surface area (Å²) in [6.45, 7) is 6.27. The fourth-order valence-corrected chi connectivity index (χ4v) is 2.27. The number of carboxylic acids is 1. The summed E-state index contributed by atoms with van der Waals surface area (Å²) >= 11 is 3.89. The third-order valence-electron chi connectivity index (χ3n) is 3.67. The Morgan fingerprint density at radius 3 is 1.93 bits per heavy atom. The SMILES string of the molecule is CC(C)CC(NC(=O)C(NC(=O)C(C)NC(=O)C(N)CS)C(C)O)C(=O)O. The summed E-state index contributed by atoms with van der Waals surface area (Å²) in [6, 6.07) is -4.46. The van der Waals surface area contributed by atoms with Crippen molar-refractivity contribution in [2.45, 2.75) is 64.4 Å². The summed E-state index contributed by atoms with van der Waals surface area (Å²) in [7, 11) is 0. The number of hydrogen-bond donors (Lipinski definition) is 7. The van der Waals surface area contributed by atoms with Crippen molar-refractivity contribution in [2.24, 2.45) is 11.7 Å². The molecule has 7 N–H and O–H groups in total. The molecule has 0 fully saturated rings. The number of carboxylic acid groups (broad SMARTS) is 1. The van der Waals surface area contributed by atoms with E-state index in [2.05, 4.69) is 28.6 Å². The third kappa shape index (κ3) is 9.07. The highest BCUT2D eigenvalue weighted by Gasteiger charge is 2.31. The van der Waals surface area contributed by atoms with Crippen molar-refractivity contribution in [3.63, 3.8) is 0 Å². The molecule has 10 nitrogen and oxygen atoms in total. The molecule has 0 aliphatic carbocycles. The van der Waals surface area contributed by atoms with Gasteiger partial charge in [0.05, 0.1) is 12.1 Å². The molecule has 11 heteroatoms. The molecule has 0 saturated heterocycles. The van der Waals surface area contributed by atoms with Gasteiger partial charge in [0, 0.05) is 5.75 Å². The summed E-state index contributed by atoms with van der Waals surface area (Å²) in [6.07, 6.45) is -1.10. The summed E-state index contributed by atoms with van der Waals surface area (Å²) in [5.74, 6) is -3.27. The second-order valence-corrected chi connectivity index (χ2v) is 7.14. The molecule has 0 aromatic rings. The fraction of sp³-hybridized carbons (Fsp3) is 0.750. The molecule has 5 atom stereocenters. The first-order chi connectivity index (χ1) is 12.4. The van der Waals surface area contributed by atoms with E-state index in [1.807, 2.05) is 0 Å². The van der Waals surface area contributed by atoms with Gasteiger partial charge in [0.2, 0.25) is 17.7 Å². The van der Waals surface area contributed by atoms with Crippen molar-refractivity contribution in [1.29, 1.82) is 0 Å². The van der Waals surface area contributed by atoms with Crippen LogP contribution in [0.1, 0.15) is 34.1 Å². The van der Waals surface area contributed by atoms with Crippen molar-refractivity contribution < 1.29 is 29.4 Å². The molecule has 0 rings (SSSR count). The van der Waals surface area contributed by atoms with Crippen molar-refractivity contribution in [2.75, 3.05) is 5.75 Å². The number of aliphatic hydroxyl groups excluding tert-OH is 1. The molecule has 0 aliphatic rings. The van der Waals surface area contributed by atoms with E-state index in [0.717, 1.165) is 0 Å². The Bertz CT molecular complexity index is 543. The van der Waals surface area contributed by atoms with E-state index in [0.29, 0.717) is 0 Å². The Morgan fingerprint density at radius 1 is 0.963 bits per heavy atom. The Balaban J connectivity index is 5.01. The maximum Gasteiger partial charge on any atom is 0.326 e. The van der Waals surface area contributed by atoms with Crippen LogP contribution in [0.3, 0.4) is 0 Å². The van der Waals surface area contributed by atoms with E-state index in [1.54, 1.807) is 13.8 Å². The standard InChI is InChI=1S/C16H30N4O6S/c1-7(2)5-11(16(25)26)19-15(24)12(9(4)21)20-13(22)8(3)18-14(23)10(17)6-27/h7-12,21,27H,5-6,17H2,1-4H3,(H,18,23)(H,19,24)(H,20,22)(H,25,26). The predicted molar refractivity (Wildman–Crippen MR) is 102 cm³/mol. The van der Waals surface area contributed by atoms with Crippen LogP contribution in [0.25, 0.3) is 0 Å². The molecule has 0 saturated carbocycles. The molecule has 0 spiro atoms. The lowest BCUT2D eigenvalue weighted by Gasteiger charge is -2.25. The molecule has 5 unspecified atom stereocenters. The second kappa shape index (κ2) is 11.8. The van der Waals surface area contributed by atoms with E-state index in [4.69, 9.17) is 5.73 Å². The highest BCUT2D eigenvalue weighted by Crippen LogP contribution is 2.06. The monoisotopic (exact) mass is 406 g/mol. The minimum Gasteiger partial charge on any atom is -0.480 e. The van der Waals surface area contributed by atoms with E-state index < -0.39 is 54.0 Å². The zero-order chi connectivity index (χ0) is 21.3. The van der Waals surface area contributed by atoms with Crippen LogP contribution in [-0.2, 0) is 19.2 Å². The molecule has 27 heavy (non-hydrogen) atoms. The third-order valence-corrected chi connectivity index (χ3v) is 4.06. The number of carbonyl (C=O) groups excluding carboxylic acids is 3. The molecule has 156 valence electrons. The van der Waals surface area contributed by atoms with Crippen LogP contribution in [0.15, 0.2) is 0 Å². The minimum absolute atomic E-state index is 0.0114. The first kappa shape index (κ1) is 25.1. The number of thiol groups is 1. The summed E-state index contributed by atoms with van der Waals surface area (Å²) in [5.41, 5.74) is 5.51. The first-order valence-electron chi connectivity index (χ1n) is 8.59. The van der Waals surface area contributed by atoms with Crippen molar-refractivity contribution in [1.82, 2.24) is 16.0 Å². The van der Waals surface area contributed by atoms with Crippen LogP contribution in [0.4, 0.5) is 0 Å². The number of rotatable bonds is 11. The van der Waals surface area contributed by atoms with Crippen molar-refractivity contribution in [3.05, 3.63) is 0 Å². The molecule has 0 radical (unpaired) electrons. The normalized spacial score (nSPS) is 16.6. The van der Waals surface area contributed by atoms with Gasteiger partial charge in [-0.15, -0.1) is 0 Å². The number of aliphatic hydroxyl groups is 1. The molecule has 0 aromatic carbocycles. The highest BCUT2D eigenvalue weighted by atomic mass is 32.1. The van der Waals surface area contributed by atoms with Gasteiger partial charge in [-0.2, -0.15) is 12.6 Å². The maximum atomic E-state index is 12.3. The Hall–Kier alpha value is -1.85. The topological polar surface area (TPSA) is 171 Å². The van der Waals surface area contributed by atoms with Gasteiger partial charge in [-0.05, 0) is 26.2 Å². The fourth-order valence-electron chi connectivity index (χ4n) is 2.11. The molecule has 0 heterocycles. The van der Waals surface area contributed by atoms with Gasteiger partial charge in [0.25, 0.3) is 0 Å². The molecule has 3 amide bonds. The van der Waals surface area contributed by atoms with Crippen LogP contribution >= 0.6 is 12.6 Å². The summed E-state index contributed by atoms with van der Waals surface area (Å²) in [4.78, 5) is 47.5. The van der Waals surface area contributed by atoms with Gasteiger partial charge >= 0.3 is 5.97 Å². The average Bonchev–Trinajstić information content (AvgIpc) is 2.56. The largest absolute Gasteiger partial charge is 0.480 e. The quantitative estimate of drug-likeness (QED) is 0.199. The lowest BCUT2D eigenvalue weighted by molar-refractivity contribution is -0.143. The van der Waals surface area contributed by atoms with E-state index >= 15 is 0 Å². The van der Waals surface area contributed by atoms with E-state index in [1.165, 1.54) is 13.8 Å². The van der Waals surface area contributed by atoms with Gasteiger partial charge in [0.15, 0.2) is 0 Å². The van der Waals surface area contributed by atoms with Crippen LogP contribution < -0.4 is 21.7 Å². The lowest BCUT2D eigenvalue weighted by Crippen LogP contribution is -2.59. The van der Waals surface area contributed by atoms with Gasteiger partial charge < -0.3 is 31.9 Å². The van der Waals surface area contributed by atoms with Crippen LogP contribution in [0.2, 0.25) is 0 Å². The van der Waals surface area contributed by atoms with Gasteiger partial charge in [-0.3, -0.25) is 14.4 Å². The summed E-state index contributed by atoms with van der Waals surface area (Å²) < 4.78 is 0. The highest BCUT2D eigenvalue weighted by molar-refractivity contribution is 7.80. The lowest BCUT2D eigenvalue weighted by atomic mass is 10.0. The molecule has 0 aliphatic heterocycles. The Kier molecular flexibility index (Phi) is 11.0. The Morgan fingerprint density at radius 2 is 1.52 bits per heavy atom. The molecule has 0 aromatic heterocycles. The zero-order valence-corrected chi connectivity index (χ0v) is 16.8. The van der Waals surface area contributed by atoms with Crippen molar-refractivity contribution in [3.8, 4) is 0 Å². The van der Waals surface area contributed by atoms with Crippen LogP contribution in [-0.4, -0.2) is 69.9 Å². The number of hydrogen-bond acceptors (Lipinski definition) is 7. The minimum atomic E-state index is -1.38. The van der Waals surface area contributed by atoms with E-state index in [-0.39, 0.29) is 18.1 Å². The maximum absolute atomic E-state index is 12.3. The van der Waals surface area contributed by atoms with Crippen LogP contribution in [0, 0.1) is 5.92 Å². The number of carbonyl (C=O) groups is 4. The predicted octanol–water partition coefficient (Wildman–Crippen LogP) is -1.77. The van der Waals surface area contributed by atoms with Gasteiger partial charge in [-0.1, -0.05) is 13.8 Å². The smallest absolute Gasteiger partial charge is 0.326 e. The van der Waals surface area contributed by atoms with Crippen LogP contribution in [0.5, 0.6) is 0 Å². The second-order valence-electron chi connectivity index (χ2n) is 6.78. The number of nitrogens with one attached hydrogen (secondary N) is 3. The summed E-state index contributed by atoms with van der Waals surface area (Å²) in [5, 5.41) is 26.0. The first-order valence-corrected chi connectivity index (χ1v) is 9.22. The number of amides is 3. The van der Waals surface area contributed by atoms with E-state index in [9.17, 15) is 29.4 Å². The zero-order valence-electron chi connectivity index (χ0n) is 15.9. The number of nitrogens with two attached hydrogens (primary N) is 1.